The van der Waals surface area contributed by atoms with E-state index in [0.717, 1.165) is 15.5 Å². The number of carbonyl (C=O) groups is 2. The van der Waals surface area contributed by atoms with Crippen molar-refractivity contribution in [3.05, 3.63) is 57.7 Å². The Labute approximate surface area is 136 Å². The van der Waals surface area contributed by atoms with Gasteiger partial charge in [-0.3, -0.25) is 9.59 Å². The third-order valence-corrected chi connectivity index (χ3v) is 3.53. The number of aldehydes is 1. The lowest BCUT2D eigenvalue weighted by Gasteiger charge is -2.14. The third-order valence-electron chi connectivity index (χ3n) is 2.81. The molecule has 0 aliphatic carbocycles. The molecule has 1 atom stereocenters. The molecule has 2 aromatic carbocycles. The molecular weight excluding hydrogens is 381 g/mol. The van der Waals surface area contributed by atoms with Crippen LogP contribution < -0.4 is 10.1 Å². The van der Waals surface area contributed by atoms with Crippen LogP contribution in [0.4, 0.5) is 5.69 Å². The van der Waals surface area contributed by atoms with Gasteiger partial charge >= 0.3 is 0 Å². The summed E-state index contributed by atoms with van der Waals surface area (Å²) in [5.41, 5.74) is 1.30. The minimum Gasteiger partial charge on any atom is -0.481 e. The molecule has 1 amide bonds. The predicted molar refractivity (Wildman–Crippen MR) is 89.7 cm³/mol. The average molecular weight is 395 g/mol. The molecule has 0 heterocycles. The predicted octanol–water partition coefficient (Wildman–Crippen LogP) is 3.51. The van der Waals surface area contributed by atoms with E-state index in [1.54, 1.807) is 31.2 Å². The Hall–Kier alpha value is -1.89. The van der Waals surface area contributed by atoms with Crippen molar-refractivity contribution in [3.8, 4) is 5.75 Å². The molecule has 5 heteroatoms. The number of hydrogen-bond donors (Lipinski definition) is 1. The molecule has 2 rings (SSSR count). The normalized spacial score (nSPS) is 11.5. The first-order valence-electron chi connectivity index (χ1n) is 6.37. The van der Waals surface area contributed by atoms with Gasteiger partial charge in [0.15, 0.2) is 6.10 Å². The Morgan fingerprint density at radius 3 is 2.33 bits per heavy atom. The number of benzene rings is 2. The smallest absolute Gasteiger partial charge is 0.265 e. The van der Waals surface area contributed by atoms with E-state index in [1.165, 1.54) is 0 Å². The second kappa shape index (κ2) is 7.21. The summed E-state index contributed by atoms with van der Waals surface area (Å²) in [5, 5.41) is 2.79. The largest absolute Gasteiger partial charge is 0.481 e. The first-order chi connectivity index (χ1) is 10.1. The van der Waals surface area contributed by atoms with Crippen molar-refractivity contribution in [2.45, 2.75) is 13.0 Å². The van der Waals surface area contributed by atoms with Gasteiger partial charge in [-0.15, -0.1) is 0 Å². The number of nitrogens with one attached hydrogen (secondary N) is 1. The Kier molecular flexibility index (Phi) is 5.32. The minimum absolute atomic E-state index is 0.226. The van der Waals surface area contributed by atoms with Gasteiger partial charge in [0.2, 0.25) is 0 Å². The summed E-state index contributed by atoms with van der Waals surface area (Å²) < 4.78 is 6.64. The van der Waals surface area contributed by atoms with Crippen molar-refractivity contribution in [1.82, 2.24) is 0 Å². The van der Waals surface area contributed by atoms with Crippen LogP contribution in [0, 0.1) is 3.57 Å². The van der Waals surface area contributed by atoms with Crippen LogP contribution in [-0.2, 0) is 4.79 Å². The maximum Gasteiger partial charge on any atom is 0.265 e. The van der Waals surface area contributed by atoms with Crippen LogP contribution in [0.15, 0.2) is 48.5 Å². The first kappa shape index (κ1) is 15.5. The lowest BCUT2D eigenvalue weighted by atomic mass is 10.2. The van der Waals surface area contributed by atoms with Crippen LogP contribution in [0.3, 0.4) is 0 Å². The highest BCUT2D eigenvalue weighted by molar-refractivity contribution is 14.1. The molecule has 0 aromatic heterocycles. The van der Waals surface area contributed by atoms with E-state index in [9.17, 15) is 9.59 Å². The van der Waals surface area contributed by atoms with Crippen LogP contribution in [0.1, 0.15) is 17.3 Å². The third kappa shape index (κ3) is 4.56. The number of anilines is 1. The van der Waals surface area contributed by atoms with E-state index in [4.69, 9.17) is 4.74 Å². The van der Waals surface area contributed by atoms with Gasteiger partial charge in [-0.1, -0.05) is 0 Å². The summed E-state index contributed by atoms with van der Waals surface area (Å²) in [4.78, 5) is 22.6. The van der Waals surface area contributed by atoms with Gasteiger partial charge < -0.3 is 10.1 Å². The molecule has 0 fully saturated rings. The molecule has 0 spiro atoms. The molecule has 0 aliphatic heterocycles. The number of amides is 1. The zero-order valence-electron chi connectivity index (χ0n) is 11.4. The van der Waals surface area contributed by atoms with Crippen molar-refractivity contribution in [2.75, 3.05) is 5.32 Å². The molecule has 0 bridgehead atoms. The SMILES string of the molecule is CC(Oc1ccc(C=O)cc1)C(=O)Nc1ccc(I)cc1. The fourth-order valence-corrected chi connectivity index (χ4v) is 2.02. The highest BCUT2D eigenvalue weighted by Crippen LogP contribution is 2.15. The molecule has 1 unspecified atom stereocenters. The maximum atomic E-state index is 12.0. The average Bonchev–Trinajstić information content (AvgIpc) is 2.50. The van der Waals surface area contributed by atoms with Crippen molar-refractivity contribution in [1.29, 1.82) is 0 Å². The van der Waals surface area contributed by atoms with Crippen LogP contribution in [0.5, 0.6) is 5.75 Å². The van der Waals surface area contributed by atoms with Crippen molar-refractivity contribution >= 4 is 40.5 Å². The van der Waals surface area contributed by atoms with Gasteiger partial charge in [0, 0.05) is 14.8 Å². The van der Waals surface area contributed by atoms with Gasteiger partial charge in [-0.2, -0.15) is 0 Å². The van der Waals surface area contributed by atoms with Crippen LogP contribution in [0.25, 0.3) is 0 Å². The van der Waals surface area contributed by atoms with Crippen molar-refractivity contribution in [3.63, 3.8) is 0 Å². The minimum atomic E-state index is -0.633. The van der Waals surface area contributed by atoms with Crippen LogP contribution in [0.2, 0.25) is 0 Å². The van der Waals surface area contributed by atoms with E-state index in [0.29, 0.717) is 11.3 Å². The highest BCUT2D eigenvalue weighted by Gasteiger charge is 2.14. The lowest BCUT2D eigenvalue weighted by molar-refractivity contribution is -0.122. The van der Waals surface area contributed by atoms with Gasteiger partial charge in [-0.25, -0.2) is 0 Å². The van der Waals surface area contributed by atoms with Gasteiger partial charge in [0.1, 0.15) is 12.0 Å². The first-order valence-corrected chi connectivity index (χ1v) is 7.44. The molecule has 108 valence electrons. The number of halogens is 1. The van der Waals surface area contributed by atoms with Crippen molar-refractivity contribution < 1.29 is 14.3 Å². The lowest BCUT2D eigenvalue weighted by Crippen LogP contribution is -2.30. The van der Waals surface area contributed by atoms with E-state index in [-0.39, 0.29) is 5.91 Å². The standard InChI is InChI=1S/C16H14INO3/c1-11(21-15-8-2-12(10-19)3-9-15)16(20)18-14-6-4-13(17)5-7-14/h2-11H,1H3,(H,18,20). The molecule has 21 heavy (non-hydrogen) atoms. The molecule has 0 radical (unpaired) electrons. The van der Waals surface area contributed by atoms with E-state index < -0.39 is 6.10 Å². The van der Waals surface area contributed by atoms with Crippen molar-refractivity contribution in [2.24, 2.45) is 0 Å². The Bertz CT molecular complexity index is 623. The second-order valence-electron chi connectivity index (χ2n) is 4.44. The van der Waals surface area contributed by atoms with Gasteiger partial charge in [0.05, 0.1) is 0 Å². The number of carbonyl (C=O) groups excluding carboxylic acids is 2. The summed E-state index contributed by atoms with van der Waals surface area (Å²) in [6.45, 7) is 1.68. The second-order valence-corrected chi connectivity index (χ2v) is 5.69. The quantitative estimate of drug-likeness (QED) is 0.623. The maximum absolute atomic E-state index is 12.0. The molecule has 1 N–H and O–H groups in total. The van der Waals surface area contributed by atoms with Gasteiger partial charge in [-0.05, 0) is 78.0 Å². The Balaban J connectivity index is 1.95. The number of rotatable bonds is 5. The summed E-state index contributed by atoms with van der Waals surface area (Å²) in [6, 6.07) is 14.1. The topological polar surface area (TPSA) is 55.4 Å². The van der Waals surface area contributed by atoms with E-state index in [2.05, 4.69) is 27.9 Å². The van der Waals surface area contributed by atoms with Gasteiger partial charge in [0.25, 0.3) is 5.91 Å². The molecule has 0 aliphatic rings. The highest BCUT2D eigenvalue weighted by atomic mass is 127. The summed E-state index contributed by atoms with van der Waals surface area (Å²) in [6.07, 6.45) is 0.128. The van der Waals surface area contributed by atoms with Crippen LogP contribution >= 0.6 is 22.6 Å². The molecule has 4 nitrogen and oxygen atoms in total. The van der Waals surface area contributed by atoms with E-state index >= 15 is 0 Å². The zero-order valence-corrected chi connectivity index (χ0v) is 13.5. The molecule has 2 aromatic rings. The Morgan fingerprint density at radius 2 is 1.76 bits per heavy atom. The van der Waals surface area contributed by atoms with E-state index in [1.807, 2.05) is 24.3 Å². The number of hydrogen-bond acceptors (Lipinski definition) is 3. The fourth-order valence-electron chi connectivity index (χ4n) is 1.66. The monoisotopic (exact) mass is 395 g/mol. The summed E-state index contributed by atoms with van der Waals surface area (Å²) >= 11 is 2.20. The van der Waals surface area contributed by atoms with Crippen LogP contribution in [-0.4, -0.2) is 18.3 Å². The Morgan fingerprint density at radius 1 is 1.14 bits per heavy atom. The molecular formula is C16H14INO3. The zero-order chi connectivity index (χ0) is 15.2. The summed E-state index contributed by atoms with van der Waals surface area (Å²) in [7, 11) is 0. The molecule has 0 saturated heterocycles. The number of ether oxygens (including phenoxy) is 1. The summed E-state index contributed by atoms with van der Waals surface area (Å²) in [5.74, 6) is 0.321. The molecule has 0 saturated carbocycles. The fraction of sp³-hybridized carbons (Fsp3) is 0.125.